The molecule has 1 atom stereocenters. The average molecular weight is 214 g/mol. The maximum Gasteiger partial charge on any atom is 0.163 e. The monoisotopic (exact) mass is 214 g/mol. The molecule has 1 rings (SSSR count). The fourth-order valence-corrected chi connectivity index (χ4v) is 1.35. The Labute approximate surface area is 88.4 Å². The Hall–Kier alpha value is -1.29. The molecule has 15 heavy (non-hydrogen) atoms. The van der Waals surface area contributed by atoms with Gasteiger partial charge in [-0.3, -0.25) is 0 Å². The van der Waals surface area contributed by atoms with Crippen molar-refractivity contribution < 1.29 is 19.0 Å². The molecule has 0 radical (unpaired) electrons. The van der Waals surface area contributed by atoms with Gasteiger partial charge >= 0.3 is 0 Å². The third-order valence-corrected chi connectivity index (χ3v) is 2.31. The summed E-state index contributed by atoms with van der Waals surface area (Å²) in [5, 5.41) is 8.96. The smallest absolute Gasteiger partial charge is 0.163 e. The maximum atomic E-state index is 13.5. The number of hydrogen-bond acceptors (Lipinski definition) is 3. The second-order valence-electron chi connectivity index (χ2n) is 3.31. The van der Waals surface area contributed by atoms with Gasteiger partial charge < -0.3 is 14.6 Å². The number of aliphatic hydroxyl groups excluding tert-OH is 1. The van der Waals surface area contributed by atoms with E-state index in [0.29, 0.717) is 17.1 Å². The van der Waals surface area contributed by atoms with Crippen LogP contribution < -0.4 is 9.47 Å². The van der Waals surface area contributed by atoms with E-state index in [4.69, 9.17) is 14.6 Å². The van der Waals surface area contributed by atoms with Gasteiger partial charge in [-0.15, -0.1) is 0 Å². The summed E-state index contributed by atoms with van der Waals surface area (Å²) < 4.78 is 23.6. The first-order chi connectivity index (χ1) is 7.13. The van der Waals surface area contributed by atoms with Crippen molar-refractivity contribution in [1.82, 2.24) is 0 Å². The van der Waals surface area contributed by atoms with E-state index < -0.39 is 5.82 Å². The molecule has 1 aromatic carbocycles. The molecule has 1 N–H and O–H groups in total. The SMILES string of the molecule is COc1cc(F)c(C(C)CO)cc1OC. The number of hydrogen-bond donors (Lipinski definition) is 1. The molecule has 84 valence electrons. The van der Waals surface area contributed by atoms with Gasteiger partial charge in [0.2, 0.25) is 0 Å². The lowest BCUT2D eigenvalue weighted by Gasteiger charge is -2.14. The predicted octanol–water partition coefficient (Wildman–Crippen LogP) is 1.94. The van der Waals surface area contributed by atoms with Crippen molar-refractivity contribution in [2.45, 2.75) is 12.8 Å². The third-order valence-electron chi connectivity index (χ3n) is 2.31. The Balaban J connectivity index is 3.19. The standard InChI is InChI=1S/C11H15FO3/c1-7(6-13)8-4-10(14-2)11(15-3)5-9(8)12/h4-5,7,13H,6H2,1-3H3. The summed E-state index contributed by atoms with van der Waals surface area (Å²) in [6, 6.07) is 2.81. The molecule has 0 saturated carbocycles. The minimum absolute atomic E-state index is 0.105. The molecule has 0 aromatic heterocycles. The lowest BCUT2D eigenvalue weighted by Crippen LogP contribution is -2.03. The molecule has 3 nitrogen and oxygen atoms in total. The molecule has 0 fully saturated rings. The van der Waals surface area contributed by atoms with Crippen LogP contribution in [0, 0.1) is 5.82 Å². The first kappa shape index (κ1) is 11.8. The van der Waals surface area contributed by atoms with Crippen molar-refractivity contribution in [2.24, 2.45) is 0 Å². The van der Waals surface area contributed by atoms with Gasteiger partial charge in [0.25, 0.3) is 0 Å². The highest BCUT2D eigenvalue weighted by Gasteiger charge is 2.15. The van der Waals surface area contributed by atoms with Crippen LogP contribution in [-0.4, -0.2) is 25.9 Å². The van der Waals surface area contributed by atoms with Crippen molar-refractivity contribution in [3.8, 4) is 11.5 Å². The van der Waals surface area contributed by atoms with Crippen molar-refractivity contribution in [2.75, 3.05) is 20.8 Å². The molecule has 1 unspecified atom stereocenters. The Morgan fingerprint density at radius 2 is 1.80 bits per heavy atom. The van der Waals surface area contributed by atoms with Crippen molar-refractivity contribution in [3.63, 3.8) is 0 Å². The van der Waals surface area contributed by atoms with E-state index in [1.807, 2.05) is 0 Å². The van der Waals surface area contributed by atoms with Gasteiger partial charge in [0.15, 0.2) is 11.5 Å². The predicted molar refractivity (Wildman–Crippen MR) is 55.0 cm³/mol. The second kappa shape index (κ2) is 4.98. The summed E-state index contributed by atoms with van der Waals surface area (Å²) in [6.45, 7) is 1.64. The number of ether oxygens (including phenoxy) is 2. The minimum atomic E-state index is -0.394. The van der Waals surface area contributed by atoms with Crippen LogP contribution in [0.1, 0.15) is 18.4 Å². The van der Waals surface area contributed by atoms with E-state index >= 15 is 0 Å². The lowest BCUT2D eigenvalue weighted by molar-refractivity contribution is 0.269. The van der Waals surface area contributed by atoms with Gasteiger partial charge in [-0.05, 0) is 11.6 Å². The van der Waals surface area contributed by atoms with Crippen LogP contribution in [0.15, 0.2) is 12.1 Å². The van der Waals surface area contributed by atoms with Gasteiger partial charge in [-0.2, -0.15) is 0 Å². The summed E-state index contributed by atoms with van der Waals surface area (Å²) in [4.78, 5) is 0. The Morgan fingerprint density at radius 1 is 1.27 bits per heavy atom. The largest absolute Gasteiger partial charge is 0.493 e. The number of halogens is 1. The number of methoxy groups -OCH3 is 2. The van der Waals surface area contributed by atoms with E-state index in [1.54, 1.807) is 13.0 Å². The zero-order valence-corrected chi connectivity index (χ0v) is 9.08. The molecule has 0 aliphatic carbocycles. The van der Waals surface area contributed by atoms with Gasteiger partial charge in [-0.1, -0.05) is 6.92 Å². The van der Waals surface area contributed by atoms with Crippen LogP contribution in [0.25, 0.3) is 0 Å². The lowest BCUT2D eigenvalue weighted by atomic mass is 10.0. The highest BCUT2D eigenvalue weighted by Crippen LogP contribution is 2.32. The zero-order chi connectivity index (χ0) is 11.4. The van der Waals surface area contributed by atoms with E-state index in [1.165, 1.54) is 20.3 Å². The molecule has 4 heteroatoms. The van der Waals surface area contributed by atoms with E-state index in [0.717, 1.165) is 0 Å². The number of rotatable bonds is 4. The van der Waals surface area contributed by atoms with E-state index in [2.05, 4.69) is 0 Å². The average Bonchev–Trinajstić information content (AvgIpc) is 2.27. The molecule has 0 spiro atoms. The van der Waals surface area contributed by atoms with Crippen molar-refractivity contribution in [3.05, 3.63) is 23.5 Å². The van der Waals surface area contributed by atoms with Crippen molar-refractivity contribution in [1.29, 1.82) is 0 Å². The molecular formula is C11H15FO3. The molecule has 0 aliphatic heterocycles. The van der Waals surface area contributed by atoms with Gasteiger partial charge in [0.1, 0.15) is 5.82 Å². The normalized spacial score (nSPS) is 12.3. The van der Waals surface area contributed by atoms with Gasteiger partial charge in [0, 0.05) is 18.6 Å². The number of benzene rings is 1. The molecule has 0 amide bonds. The summed E-state index contributed by atoms with van der Waals surface area (Å²) in [5.41, 5.74) is 0.426. The van der Waals surface area contributed by atoms with Crippen molar-refractivity contribution >= 4 is 0 Å². The Bertz CT molecular complexity index is 339. The Morgan fingerprint density at radius 3 is 2.27 bits per heavy atom. The minimum Gasteiger partial charge on any atom is -0.493 e. The molecule has 0 aliphatic rings. The summed E-state index contributed by atoms with van der Waals surface area (Å²) >= 11 is 0. The molecule has 0 bridgehead atoms. The van der Waals surface area contributed by atoms with Gasteiger partial charge in [-0.25, -0.2) is 4.39 Å². The quantitative estimate of drug-likeness (QED) is 0.832. The summed E-state index contributed by atoms with van der Waals surface area (Å²) in [7, 11) is 2.94. The summed E-state index contributed by atoms with van der Waals surface area (Å²) in [6.07, 6.45) is 0. The highest BCUT2D eigenvalue weighted by molar-refractivity contribution is 5.44. The fraction of sp³-hybridized carbons (Fsp3) is 0.455. The highest BCUT2D eigenvalue weighted by atomic mass is 19.1. The fourth-order valence-electron chi connectivity index (χ4n) is 1.35. The van der Waals surface area contributed by atoms with Gasteiger partial charge in [0.05, 0.1) is 14.2 Å². The third kappa shape index (κ3) is 2.39. The topological polar surface area (TPSA) is 38.7 Å². The second-order valence-corrected chi connectivity index (χ2v) is 3.31. The van der Waals surface area contributed by atoms with Crippen LogP contribution in [0.4, 0.5) is 4.39 Å². The zero-order valence-electron chi connectivity index (χ0n) is 9.08. The van der Waals surface area contributed by atoms with E-state index in [9.17, 15) is 4.39 Å². The first-order valence-electron chi connectivity index (χ1n) is 4.66. The maximum absolute atomic E-state index is 13.5. The van der Waals surface area contributed by atoms with Crippen LogP contribution in [0.2, 0.25) is 0 Å². The van der Waals surface area contributed by atoms with Crippen LogP contribution >= 0.6 is 0 Å². The van der Waals surface area contributed by atoms with Crippen LogP contribution in [-0.2, 0) is 0 Å². The number of aliphatic hydroxyl groups is 1. The molecular weight excluding hydrogens is 199 g/mol. The van der Waals surface area contributed by atoms with Crippen LogP contribution in [0.5, 0.6) is 11.5 Å². The van der Waals surface area contributed by atoms with E-state index in [-0.39, 0.29) is 12.5 Å². The molecule has 0 heterocycles. The molecule has 1 aromatic rings. The summed E-state index contributed by atoms with van der Waals surface area (Å²) in [5.74, 6) is 0.164. The first-order valence-corrected chi connectivity index (χ1v) is 4.66. The molecule has 0 saturated heterocycles. The Kier molecular flexibility index (Phi) is 3.91. The van der Waals surface area contributed by atoms with Crippen LogP contribution in [0.3, 0.4) is 0 Å².